The van der Waals surface area contributed by atoms with E-state index in [-0.39, 0.29) is 37.7 Å². The Morgan fingerprint density at radius 1 is 1.11 bits per heavy atom. The zero-order chi connectivity index (χ0) is 19.9. The number of carboxylic acid groups (broad SMARTS) is 2. The number of hydrogen-bond acceptors (Lipinski definition) is 5. The fourth-order valence-corrected chi connectivity index (χ4v) is 4.36. The van der Waals surface area contributed by atoms with Crippen LogP contribution < -0.4 is 5.32 Å². The van der Waals surface area contributed by atoms with E-state index in [1.54, 1.807) is 0 Å². The van der Waals surface area contributed by atoms with Gasteiger partial charge in [-0.3, -0.25) is 14.4 Å². The number of aliphatic carboxylic acids is 2. The summed E-state index contributed by atoms with van der Waals surface area (Å²) in [6, 6.07) is -0.0291. The number of carbonyl (C=O) groups excluding carboxylic acids is 1. The van der Waals surface area contributed by atoms with Gasteiger partial charge in [0, 0.05) is 13.2 Å². The Kier molecular flexibility index (Phi) is 8.04. The van der Waals surface area contributed by atoms with Gasteiger partial charge in [-0.1, -0.05) is 12.8 Å². The van der Waals surface area contributed by atoms with Crippen LogP contribution in [0.1, 0.15) is 57.8 Å². The van der Waals surface area contributed by atoms with E-state index in [1.807, 2.05) is 0 Å². The number of nitrogens with one attached hydrogen (secondary N) is 1. The Morgan fingerprint density at radius 2 is 1.74 bits per heavy atom. The van der Waals surface area contributed by atoms with Gasteiger partial charge in [-0.2, -0.15) is 0 Å². The molecular formula is C19H31NO7. The lowest BCUT2D eigenvalue weighted by molar-refractivity contribution is -0.149. The molecule has 1 unspecified atom stereocenters. The summed E-state index contributed by atoms with van der Waals surface area (Å²) in [5.41, 5.74) is -0.677. The van der Waals surface area contributed by atoms with Crippen molar-refractivity contribution in [3.63, 3.8) is 0 Å². The molecular weight excluding hydrogens is 354 g/mol. The number of carboxylic acids is 2. The summed E-state index contributed by atoms with van der Waals surface area (Å²) in [6.45, 7) is 0.0394. The predicted octanol–water partition coefficient (Wildman–Crippen LogP) is 2.02. The molecule has 0 heterocycles. The summed E-state index contributed by atoms with van der Waals surface area (Å²) in [7, 11) is 1.47. The van der Waals surface area contributed by atoms with Crippen LogP contribution in [0.5, 0.6) is 0 Å². The highest BCUT2D eigenvalue weighted by Gasteiger charge is 2.45. The van der Waals surface area contributed by atoms with Gasteiger partial charge in [0.05, 0.1) is 23.9 Å². The van der Waals surface area contributed by atoms with Crippen molar-refractivity contribution in [2.24, 2.45) is 17.3 Å². The summed E-state index contributed by atoms with van der Waals surface area (Å²) in [4.78, 5) is 35.8. The van der Waals surface area contributed by atoms with E-state index in [9.17, 15) is 19.5 Å². The first-order chi connectivity index (χ1) is 12.9. The van der Waals surface area contributed by atoms with Gasteiger partial charge >= 0.3 is 11.9 Å². The maximum atomic E-state index is 13.1. The molecule has 154 valence electrons. The molecule has 2 rings (SSSR count). The average molecular weight is 385 g/mol. The molecule has 0 aromatic carbocycles. The molecule has 27 heavy (non-hydrogen) atoms. The molecule has 0 saturated heterocycles. The monoisotopic (exact) mass is 385 g/mol. The van der Waals surface area contributed by atoms with E-state index in [4.69, 9.17) is 14.6 Å². The topological polar surface area (TPSA) is 122 Å². The van der Waals surface area contributed by atoms with Crippen LogP contribution in [0.3, 0.4) is 0 Å². The van der Waals surface area contributed by atoms with Crippen molar-refractivity contribution in [3.8, 4) is 0 Å². The number of ether oxygens (including phenoxy) is 2. The summed E-state index contributed by atoms with van der Waals surface area (Å²) in [5, 5.41) is 21.7. The van der Waals surface area contributed by atoms with E-state index < -0.39 is 23.3 Å². The first-order valence-electron chi connectivity index (χ1n) is 9.71. The Balaban J connectivity index is 1.96. The van der Waals surface area contributed by atoms with Crippen LogP contribution in [0.4, 0.5) is 0 Å². The van der Waals surface area contributed by atoms with E-state index in [0.29, 0.717) is 38.5 Å². The predicted molar refractivity (Wildman–Crippen MR) is 96.0 cm³/mol. The Morgan fingerprint density at radius 3 is 2.26 bits per heavy atom. The standard InChI is InChI=1S/C19H31NO7/c1-26-12-27-11-14(17(23)24)10-19(8-2-3-9-19)18(25)20-15-6-4-13(5-7-15)16(21)22/h13-15H,2-12H2,1H3,(H,20,25)(H,21,22)(H,23,24). The summed E-state index contributed by atoms with van der Waals surface area (Å²) in [6.07, 6.45) is 5.86. The van der Waals surface area contributed by atoms with E-state index >= 15 is 0 Å². The van der Waals surface area contributed by atoms with Gasteiger partial charge in [-0.25, -0.2) is 0 Å². The van der Waals surface area contributed by atoms with Crippen molar-refractivity contribution in [2.45, 2.75) is 63.8 Å². The van der Waals surface area contributed by atoms with Gasteiger partial charge in [0.1, 0.15) is 6.79 Å². The van der Waals surface area contributed by atoms with Crippen molar-refractivity contribution < 1.29 is 34.1 Å². The van der Waals surface area contributed by atoms with Crippen molar-refractivity contribution in [1.29, 1.82) is 0 Å². The SMILES string of the molecule is COCOCC(CC1(C(=O)NC2CCC(C(=O)O)CC2)CCCC1)C(=O)O. The number of amides is 1. The van der Waals surface area contributed by atoms with Crippen LogP contribution in [-0.2, 0) is 23.9 Å². The van der Waals surface area contributed by atoms with Gasteiger partial charge in [-0.15, -0.1) is 0 Å². The van der Waals surface area contributed by atoms with E-state index in [0.717, 1.165) is 12.8 Å². The third-order valence-corrected chi connectivity index (χ3v) is 5.96. The fourth-order valence-electron chi connectivity index (χ4n) is 4.36. The highest BCUT2D eigenvalue weighted by molar-refractivity contribution is 5.84. The Hall–Kier alpha value is -1.67. The second-order valence-electron chi connectivity index (χ2n) is 7.86. The minimum atomic E-state index is -0.966. The van der Waals surface area contributed by atoms with E-state index in [1.165, 1.54) is 7.11 Å². The van der Waals surface area contributed by atoms with Gasteiger partial charge in [0.2, 0.25) is 5.91 Å². The Labute approximate surface area is 159 Å². The van der Waals surface area contributed by atoms with Gasteiger partial charge in [-0.05, 0) is 44.9 Å². The molecule has 3 N–H and O–H groups in total. The maximum Gasteiger partial charge on any atom is 0.308 e. The van der Waals surface area contributed by atoms with Gasteiger partial charge < -0.3 is 25.0 Å². The lowest BCUT2D eigenvalue weighted by Crippen LogP contribution is -2.47. The summed E-state index contributed by atoms with van der Waals surface area (Å²) in [5.74, 6) is -2.91. The van der Waals surface area contributed by atoms with Crippen LogP contribution in [-0.4, -0.2) is 54.6 Å². The van der Waals surface area contributed by atoms with E-state index in [2.05, 4.69) is 5.32 Å². The van der Waals surface area contributed by atoms with Crippen LogP contribution in [0.15, 0.2) is 0 Å². The van der Waals surface area contributed by atoms with Crippen LogP contribution in [0.25, 0.3) is 0 Å². The Bertz CT molecular complexity index is 522. The second-order valence-corrected chi connectivity index (χ2v) is 7.86. The zero-order valence-electron chi connectivity index (χ0n) is 15.9. The molecule has 0 radical (unpaired) electrons. The number of hydrogen-bond donors (Lipinski definition) is 3. The molecule has 2 saturated carbocycles. The van der Waals surface area contributed by atoms with Crippen molar-refractivity contribution in [2.75, 3.05) is 20.5 Å². The summed E-state index contributed by atoms with van der Waals surface area (Å²) >= 11 is 0. The third-order valence-electron chi connectivity index (χ3n) is 5.96. The quantitative estimate of drug-likeness (QED) is 0.388. The number of rotatable bonds is 10. The number of carbonyl (C=O) groups is 3. The average Bonchev–Trinajstić information content (AvgIpc) is 3.11. The molecule has 8 nitrogen and oxygen atoms in total. The second kappa shape index (κ2) is 10.0. The first-order valence-corrected chi connectivity index (χ1v) is 9.71. The lowest BCUT2D eigenvalue weighted by atomic mass is 9.76. The largest absolute Gasteiger partial charge is 0.481 e. The smallest absolute Gasteiger partial charge is 0.308 e. The molecule has 1 amide bonds. The molecule has 0 aromatic heterocycles. The van der Waals surface area contributed by atoms with Crippen LogP contribution >= 0.6 is 0 Å². The molecule has 1 atom stereocenters. The minimum Gasteiger partial charge on any atom is -0.481 e. The maximum absolute atomic E-state index is 13.1. The molecule has 0 aromatic rings. The number of methoxy groups -OCH3 is 1. The molecule has 2 fully saturated rings. The molecule has 0 bridgehead atoms. The lowest BCUT2D eigenvalue weighted by Gasteiger charge is -2.34. The van der Waals surface area contributed by atoms with Gasteiger partial charge in [0.15, 0.2) is 0 Å². The molecule has 2 aliphatic rings. The van der Waals surface area contributed by atoms with Gasteiger partial charge in [0.25, 0.3) is 0 Å². The normalized spacial score (nSPS) is 25.7. The molecule has 0 aliphatic heterocycles. The van der Waals surface area contributed by atoms with Crippen molar-refractivity contribution >= 4 is 17.8 Å². The zero-order valence-corrected chi connectivity index (χ0v) is 15.9. The molecule has 2 aliphatic carbocycles. The fraction of sp³-hybridized carbons (Fsp3) is 0.842. The molecule has 8 heteroatoms. The van der Waals surface area contributed by atoms with Crippen LogP contribution in [0, 0.1) is 17.3 Å². The summed E-state index contributed by atoms with van der Waals surface area (Å²) < 4.78 is 10.0. The van der Waals surface area contributed by atoms with Crippen LogP contribution in [0.2, 0.25) is 0 Å². The highest BCUT2D eigenvalue weighted by atomic mass is 16.7. The minimum absolute atomic E-state index is 0.0158. The first kappa shape index (κ1) is 21.6. The van der Waals surface area contributed by atoms with Crippen molar-refractivity contribution in [1.82, 2.24) is 5.32 Å². The third kappa shape index (κ3) is 5.90. The van der Waals surface area contributed by atoms with Crippen molar-refractivity contribution in [3.05, 3.63) is 0 Å². The molecule has 0 spiro atoms. The highest BCUT2D eigenvalue weighted by Crippen LogP contribution is 2.44.